The minimum Gasteiger partial charge on any atom is -0.393 e. The zero-order valence-electron chi connectivity index (χ0n) is 15.6. The fraction of sp³-hybridized carbons (Fsp3) is 0.381. The smallest absolute Gasteiger partial charge is 0.259 e. The first-order chi connectivity index (χ1) is 13.7. The Morgan fingerprint density at radius 3 is 2.68 bits per heavy atom. The number of hydrogen-bond donors (Lipinski definition) is 3. The van der Waals surface area contributed by atoms with Gasteiger partial charge >= 0.3 is 0 Å². The second-order valence-corrected chi connectivity index (χ2v) is 7.68. The molecule has 0 unspecified atom stereocenters. The molecule has 0 bridgehead atoms. The topological polar surface area (TPSA) is 94.1 Å². The van der Waals surface area contributed by atoms with E-state index in [4.69, 9.17) is 0 Å². The van der Waals surface area contributed by atoms with Crippen molar-refractivity contribution in [2.45, 2.75) is 37.7 Å². The highest BCUT2D eigenvalue weighted by molar-refractivity contribution is 5.92. The van der Waals surface area contributed by atoms with E-state index in [0.29, 0.717) is 22.6 Å². The summed E-state index contributed by atoms with van der Waals surface area (Å²) >= 11 is 0. The number of aromatic amines is 1. The molecule has 1 aliphatic carbocycles. The lowest BCUT2D eigenvalue weighted by Gasteiger charge is -2.31. The Labute approximate surface area is 162 Å². The van der Waals surface area contributed by atoms with Gasteiger partial charge in [0.15, 0.2) is 0 Å². The number of hydrogen-bond acceptors (Lipinski definition) is 6. The van der Waals surface area contributed by atoms with Crippen LogP contribution in [0.5, 0.6) is 0 Å². The van der Waals surface area contributed by atoms with Gasteiger partial charge < -0.3 is 20.3 Å². The number of aliphatic hydroxyl groups is 1. The van der Waals surface area contributed by atoms with Crippen molar-refractivity contribution in [1.82, 2.24) is 15.0 Å². The number of fused-ring (bicyclic) bond motifs is 1. The number of piperidine rings is 1. The van der Waals surface area contributed by atoms with E-state index in [1.54, 1.807) is 6.20 Å². The van der Waals surface area contributed by atoms with Gasteiger partial charge in [-0.25, -0.2) is 4.98 Å². The largest absolute Gasteiger partial charge is 0.393 e. The van der Waals surface area contributed by atoms with Crippen LogP contribution in [-0.4, -0.2) is 39.3 Å². The van der Waals surface area contributed by atoms with Crippen LogP contribution in [0.2, 0.25) is 0 Å². The molecule has 3 aromatic rings. The van der Waals surface area contributed by atoms with Crippen molar-refractivity contribution in [3.05, 3.63) is 52.7 Å². The first kappa shape index (κ1) is 17.2. The van der Waals surface area contributed by atoms with Crippen molar-refractivity contribution < 1.29 is 5.11 Å². The number of aromatic nitrogens is 3. The van der Waals surface area contributed by atoms with Gasteiger partial charge in [-0.1, -0.05) is 0 Å². The summed E-state index contributed by atoms with van der Waals surface area (Å²) in [6, 6.07) is 7.79. The van der Waals surface area contributed by atoms with Crippen LogP contribution >= 0.6 is 0 Å². The number of pyridine rings is 3. The van der Waals surface area contributed by atoms with Crippen molar-refractivity contribution >= 4 is 28.1 Å². The zero-order valence-corrected chi connectivity index (χ0v) is 15.6. The standard InChI is InChI=1S/C21H23N5O2/c27-15-6-9-26(10-7-15)14-3-4-19(23-12-14)25-18-11-17(13-1-2-13)24-16-5-8-22-21(28)20(16)18/h3-5,8,11-13,15,27H,1-2,6-7,9-10H2,(H,22,28)(H,23,24,25). The minimum absolute atomic E-state index is 0.154. The first-order valence-electron chi connectivity index (χ1n) is 9.86. The Kier molecular flexibility index (Phi) is 4.24. The summed E-state index contributed by atoms with van der Waals surface area (Å²) < 4.78 is 0. The Bertz CT molecular complexity index is 1050. The molecular formula is C21H23N5O2. The van der Waals surface area contributed by atoms with Crippen molar-refractivity contribution in [3.8, 4) is 0 Å². The fourth-order valence-electron chi connectivity index (χ4n) is 3.81. The molecule has 7 heteroatoms. The van der Waals surface area contributed by atoms with Crippen LogP contribution in [0.4, 0.5) is 17.2 Å². The first-order valence-corrected chi connectivity index (χ1v) is 9.86. The van der Waals surface area contributed by atoms with Gasteiger partial charge in [-0.2, -0.15) is 0 Å². The molecule has 2 aliphatic rings. The van der Waals surface area contributed by atoms with Gasteiger partial charge in [-0.3, -0.25) is 9.78 Å². The van der Waals surface area contributed by atoms with E-state index in [0.717, 1.165) is 55.8 Å². The van der Waals surface area contributed by atoms with Crippen LogP contribution in [0.25, 0.3) is 10.9 Å². The molecule has 1 aliphatic heterocycles. The molecule has 4 heterocycles. The lowest BCUT2D eigenvalue weighted by Crippen LogP contribution is -2.35. The van der Waals surface area contributed by atoms with Crippen molar-refractivity contribution in [2.24, 2.45) is 0 Å². The molecule has 0 aromatic carbocycles. The van der Waals surface area contributed by atoms with Gasteiger partial charge in [-0.15, -0.1) is 0 Å². The third-order valence-corrected chi connectivity index (χ3v) is 5.59. The van der Waals surface area contributed by atoms with Crippen LogP contribution in [-0.2, 0) is 0 Å². The average Bonchev–Trinajstić information content (AvgIpc) is 3.54. The second kappa shape index (κ2) is 6.91. The third-order valence-electron chi connectivity index (χ3n) is 5.59. The van der Waals surface area contributed by atoms with Gasteiger partial charge in [0.05, 0.1) is 34.6 Å². The molecule has 0 atom stereocenters. The number of rotatable bonds is 4. The van der Waals surface area contributed by atoms with Gasteiger partial charge in [-0.05, 0) is 49.9 Å². The number of anilines is 3. The predicted octanol–water partition coefficient (Wildman–Crippen LogP) is 2.90. The van der Waals surface area contributed by atoms with E-state index in [1.165, 1.54) is 0 Å². The van der Waals surface area contributed by atoms with E-state index in [-0.39, 0.29) is 11.7 Å². The molecule has 1 saturated carbocycles. The van der Waals surface area contributed by atoms with E-state index in [1.807, 2.05) is 30.5 Å². The van der Waals surface area contributed by atoms with Gasteiger partial charge in [0.25, 0.3) is 5.56 Å². The van der Waals surface area contributed by atoms with Crippen molar-refractivity contribution in [1.29, 1.82) is 0 Å². The van der Waals surface area contributed by atoms with E-state index < -0.39 is 0 Å². The Morgan fingerprint density at radius 1 is 1.14 bits per heavy atom. The number of nitrogens with one attached hydrogen (secondary N) is 2. The summed E-state index contributed by atoms with van der Waals surface area (Å²) in [6.07, 6.45) is 7.17. The summed E-state index contributed by atoms with van der Waals surface area (Å²) in [5.74, 6) is 1.19. The summed E-state index contributed by atoms with van der Waals surface area (Å²) in [5.41, 5.74) is 3.38. The predicted molar refractivity (Wildman–Crippen MR) is 109 cm³/mol. The summed E-state index contributed by atoms with van der Waals surface area (Å²) in [5, 5.41) is 13.5. The number of aliphatic hydroxyl groups excluding tert-OH is 1. The highest BCUT2D eigenvalue weighted by Crippen LogP contribution is 2.41. The van der Waals surface area contributed by atoms with Crippen LogP contribution in [0.15, 0.2) is 41.5 Å². The number of nitrogens with zero attached hydrogens (tertiary/aromatic N) is 3. The SMILES string of the molecule is O=c1[nH]ccc2nc(C3CC3)cc(Nc3ccc(N4CCC(O)CC4)cn3)c12. The molecule has 2 fully saturated rings. The lowest BCUT2D eigenvalue weighted by atomic mass is 10.1. The highest BCUT2D eigenvalue weighted by atomic mass is 16.3. The van der Waals surface area contributed by atoms with E-state index in [2.05, 4.69) is 25.2 Å². The Balaban J connectivity index is 1.44. The Morgan fingerprint density at radius 2 is 1.96 bits per heavy atom. The quantitative estimate of drug-likeness (QED) is 0.647. The van der Waals surface area contributed by atoms with E-state index >= 15 is 0 Å². The molecule has 0 amide bonds. The van der Waals surface area contributed by atoms with Crippen molar-refractivity contribution in [3.63, 3.8) is 0 Å². The molecule has 28 heavy (non-hydrogen) atoms. The molecule has 3 aromatic heterocycles. The average molecular weight is 377 g/mol. The maximum absolute atomic E-state index is 12.4. The van der Waals surface area contributed by atoms with Crippen molar-refractivity contribution in [2.75, 3.05) is 23.3 Å². The minimum atomic E-state index is -0.191. The molecule has 144 valence electrons. The van der Waals surface area contributed by atoms with Crippen LogP contribution in [0.3, 0.4) is 0 Å². The summed E-state index contributed by atoms with van der Waals surface area (Å²) in [7, 11) is 0. The van der Waals surface area contributed by atoms with Crippen LogP contribution < -0.4 is 15.8 Å². The normalized spacial score (nSPS) is 17.8. The maximum atomic E-state index is 12.4. The molecule has 0 radical (unpaired) electrons. The molecule has 1 saturated heterocycles. The summed E-state index contributed by atoms with van der Waals surface area (Å²) in [4.78, 5) is 26.6. The van der Waals surface area contributed by atoms with Gasteiger partial charge in [0.1, 0.15) is 5.82 Å². The molecular weight excluding hydrogens is 354 g/mol. The summed E-state index contributed by atoms with van der Waals surface area (Å²) in [6.45, 7) is 1.68. The highest BCUT2D eigenvalue weighted by Gasteiger charge is 2.26. The van der Waals surface area contributed by atoms with Gasteiger partial charge in [0.2, 0.25) is 0 Å². The van der Waals surface area contributed by atoms with Crippen LogP contribution in [0, 0.1) is 0 Å². The second-order valence-electron chi connectivity index (χ2n) is 7.68. The monoisotopic (exact) mass is 377 g/mol. The fourth-order valence-corrected chi connectivity index (χ4v) is 3.81. The van der Waals surface area contributed by atoms with Gasteiger partial charge in [0, 0.05) is 30.9 Å². The number of H-pyrrole nitrogens is 1. The lowest BCUT2D eigenvalue weighted by molar-refractivity contribution is 0.145. The molecule has 3 N–H and O–H groups in total. The third kappa shape index (κ3) is 3.33. The zero-order chi connectivity index (χ0) is 19.1. The Hall–Kier alpha value is -2.93. The van der Waals surface area contributed by atoms with E-state index in [9.17, 15) is 9.90 Å². The molecule has 7 nitrogen and oxygen atoms in total. The maximum Gasteiger partial charge on any atom is 0.259 e. The molecule has 5 rings (SSSR count). The van der Waals surface area contributed by atoms with Crippen LogP contribution in [0.1, 0.15) is 37.3 Å². The molecule has 0 spiro atoms.